The van der Waals surface area contributed by atoms with E-state index in [9.17, 15) is 0 Å². The summed E-state index contributed by atoms with van der Waals surface area (Å²) in [7, 11) is 0. The van der Waals surface area contributed by atoms with E-state index >= 15 is 0 Å². The van der Waals surface area contributed by atoms with Gasteiger partial charge in [0.25, 0.3) is 0 Å². The van der Waals surface area contributed by atoms with Crippen LogP contribution in [0.2, 0.25) is 0 Å². The Labute approximate surface area is 99.5 Å². The van der Waals surface area contributed by atoms with E-state index in [1.54, 1.807) is 0 Å². The summed E-state index contributed by atoms with van der Waals surface area (Å²) in [5, 5.41) is 0. The second-order valence-corrected chi connectivity index (χ2v) is 6.45. The minimum Gasteiger partial charge on any atom is -0.372 e. The summed E-state index contributed by atoms with van der Waals surface area (Å²) in [5.41, 5.74) is 0.293. The lowest BCUT2D eigenvalue weighted by Gasteiger charge is -2.34. The molecule has 0 aromatic rings. The van der Waals surface area contributed by atoms with Crippen molar-refractivity contribution in [2.45, 2.75) is 65.6 Å². The third-order valence-electron chi connectivity index (χ3n) is 3.95. The van der Waals surface area contributed by atoms with Crippen LogP contribution in [-0.2, 0) is 4.74 Å². The fourth-order valence-electron chi connectivity index (χ4n) is 2.19. The molecular formula is C13H25ClO. The monoisotopic (exact) mass is 232 g/mol. The standard InChI is InChI=1S/C13H25ClO/c1-10(2)13(5,9-14)8-11-6-7-12(3,4)15-11/h10-11H,6-9H2,1-5H3. The van der Waals surface area contributed by atoms with Crippen molar-refractivity contribution in [1.29, 1.82) is 0 Å². The van der Waals surface area contributed by atoms with Gasteiger partial charge in [-0.05, 0) is 44.4 Å². The van der Waals surface area contributed by atoms with Crippen LogP contribution in [0.1, 0.15) is 53.9 Å². The molecule has 2 atom stereocenters. The Hall–Kier alpha value is 0.250. The quantitative estimate of drug-likeness (QED) is 0.659. The van der Waals surface area contributed by atoms with Gasteiger partial charge >= 0.3 is 0 Å². The third-order valence-corrected chi connectivity index (χ3v) is 4.56. The van der Waals surface area contributed by atoms with Crippen LogP contribution in [-0.4, -0.2) is 17.6 Å². The van der Waals surface area contributed by atoms with Gasteiger partial charge in [0.05, 0.1) is 11.7 Å². The molecule has 0 bridgehead atoms. The lowest BCUT2D eigenvalue weighted by Crippen LogP contribution is -2.31. The van der Waals surface area contributed by atoms with Gasteiger partial charge in [0, 0.05) is 5.88 Å². The molecule has 1 aliphatic heterocycles. The summed E-state index contributed by atoms with van der Waals surface area (Å²) in [6, 6.07) is 0. The van der Waals surface area contributed by atoms with E-state index in [0.717, 1.165) is 12.3 Å². The highest BCUT2D eigenvalue weighted by Crippen LogP contribution is 2.40. The molecule has 90 valence electrons. The van der Waals surface area contributed by atoms with Gasteiger partial charge in [-0.15, -0.1) is 11.6 Å². The highest BCUT2D eigenvalue weighted by atomic mass is 35.5. The lowest BCUT2D eigenvalue weighted by molar-refractivity contribution is -0.0365. The second-order valence-electron chi connectivity index (χ2n) is 6.18. The van der Waals surface area contributed by atoms with E-state index in [0.29, 0.717) is 12.0 Å². The van der Waals surface area contributed by atoms with Crippen LogP contribution in [0.25, 0.3) is 0 Å². The van der Waals surface area contributed by atoms with Crippen LogP contribution in [0.5, 0.6) is 0 Å². The third kappa shape index (κ3) is 3.35. The molecule has 0 spiro atoms. The van der Waals surface area contributed by atoms with Gasteiger partial charge in [-0.2, -0.15) is 0 Å². The van der Waals surface area contributed by atoms with Crippen molar-refractivity contribution in [3.63, 3.8) is 0 Å². The summed E-state index contributed by atoms with van der Waals surface area (Å²) in [6.45, 7) is 11.1. The zero-order valence-electron chi connectivity index (χ0n) is 10.8. The van der Waals surface area contributed by atoms with Crippen molar-refractivity contribution in [3.05, 3.63) is 0 Å². The smallest absolute Gasteiger partial charge is 0.0631 e. The molecule has 0 N–H and O–H groups in total. The zero-order chi connectivity index (χ0) is 11.7. The Balaban J connectivity index is 2.54. The summed E-state index contributed by atoms with van der Waals surface area (Å²) in [6.07, 6.45) is 3.86. The maximum atomic E-state index is 6.10. The van der Waals surface area contributed by atoms with Gasteiger partial charge < -0.3 is 4.74 Å². The molecule has 0 amide bonds. The molecule has 0 aromatic carbocycles. The zero-order valence-corrected chi connectivity index (χ0v) is 11.5. The van der Waals surface area contributed by atoms with Crippen LogP contribution in [0.15, 0.2) is 0 Å². The lowest BCUT2D eigenvalue weighted by atomic mass is 9.76. The Morgan fingerprint density at radius 1 is 1.47 bits per heavy atom. The van der Waals surface area contributed by atoms with Crippen molar-refractivity contribution < 1.29 is 4.74 Å². The first-order chi connectivity index (χ1) is 6.79. The minimum absolute atomic E-state index is 0.0782. The Morgan fingerprint density at radius 3 is 2.40 bits per heavy atom. The molecule has 2 unspecified atom stereocenters. The molecule has 1 fully saturated rings. The highest BCUT2D eigenvalue weighted by Gasteiger charge is 2.37. The molecule has 15 heavy (non-hydrogen) atoms. The largest absolute Gasteiger partial charge is 0.372 e. The van der Waals surface area contributed by atoms with E-state index in [4.69, 9.17) is 16.3 Å². The molecule has 1 aliphatic rings. The average Bonchev–Trinajstić information content (AvgIpc) is 2.45. The van der Waals surface area contributed by atoms with Crippen LogP contribution < -0.4 is 0 Å². The Bertz CT molecular complexity index is 213. The topological polar surface area (TPSA) is 9.23 Å². The van der Waals surface area contributed by atoms with E-state index in [1.807, 2.05) is 0 Å². The van der Waals surface area contributed by atoms with Gasteiger partial charge in [0.15, 0.2) is 0 Å². The van der Waals surface area contributed by atoms with Gasteiger partial charge in [-0.25, -0.2) is 0 Å². The first-order valence-corrected chi connectivity index (χ1v) is 6.56. The van der Waals surface area contributed by atoms with Crippen molar-refractivity contribution >= 4 is 11.6 Å². The van der Waals surface area contributed by atoms with Gasteiger partial charge in [0.2, 0.25) is 0 Å². The van der Waals surface area contributed by atoms with Crippen molar-refractivity contribution in [1.82, 2.24) is 0 Å². The summed E-state index contributed by atoms with van der Waals surface area (Å²) in [4.78, 5) is 0. The number of ether oxygens (including phenoxy) is 1. The van der Waals surface area contributed by atoms with E-state index < -0.39 is 0 Å². The van der Waals surface area contributed by atoms with E-state index in [1.165, 1.54) is 12.8 Å². The fourth-order valence-corrected chi connectivity index (χ4v) is 2.60. The van der Waals surface area contributed by atoms with Gasteiger partial charge in [0.1, 0.15) is 0 Å². The number of hydrogen-bond donors (Lipinski definition) is 0. The van der Waals surface area contributed by atoms with Crippen molar-refractivity contribution in [2.24, 2.45) is 11.3 Å². The number of halogens is 1. The maximum Gasteiger partial charge on any atom is 0.0631 e. The van der Waals surface area contributed by atoms with E-state index in [2.05, 4.69) is 34.6 Å². The highest BCUT2D eigenvalue weighted by molar-refractivity contribution is 6.18. The Morgan fingerprint density at radius 2 is 2.07 bits per heavy atom. The molecule has 1 saturated heterocycles. The van der Waals surface area contributed by atoms with Crippen LogP contribution in [0.3, 0.4) is 0 Å². The predicted octanol–water partition coefficient (Wildman–Crippen LogP) is 4.24. The molecule has 0 aliphatic carbocycles. The van der Waals surface area contributed by atoms with Crippen molar-refractivity contribution in [2.75, 3.05) is 5.88 Å². The molecule has 0 aromatic heterocycles. The van der Waals surface area contributed by atoms with Gasteiger partial charge in [-0.1, -0.05) is 20.8 Å². The molecule has 1 heterocycles. The molecule has 0 saturated carbocycles. The van der Waals surface area contributed by atoms with Gasteiger partial charge in [-0.3, -0.25) is 0 Å². The Kier molecular flexibility index (Phi) is 4.11. The second kappa shape index (κ2) is 4.63. The fraction of sp³-hybridized carbons (Fsp3) is 1.00. The molecule has 1 rings (SSSR count). The number of rotatable bonds is 4. The molecule has 0 radical (unpaired) electrons. The number of alkyl halides is 1. The first kappa shape index (κ1) is 13.3. The van der Waals surface area contributed by atoms with Crippen LogP contribution in [0.4, 0.5) is 0 Å². The van der Waals surface area contributed by atoms with Crippen LogP contribution >= 0.6 is 11.6 Å². The first-order valence-electron chi connectivity index (χ1n) is 6.03. The van der Waals surface area contributed by atoms with Crippen LogP contribution in [0, 0.1) is 11.3 Å². The summed E-state index contributed by atoms with van der Waals surface area (Å²) >= 11 is 6.10. The molecule has 2 heteroatoms. The maximum absolute atomic E-state index is 6.10. The summed E-state index contributed by atoms with van der Waals surface area (Å²) in [5.74, 6) is 1.34. The summed E-state index contributed by atoms with van der Waals surface area (Å²) < 4.78 is 6.04. The van der Waals surface area contributed by atoms with E-state index in [-0.39, 0.29) is 11.0 Å². The number of hydrogen-bond acceptors (Lipinski definition) is 1. The SMILES string of the molecule is CC(C)C(C)(CCl)CC1CCC(C)(C)O1. The normalized spacial score (nSPS) is 29.4. The average molecular weight is 233 g/mol. The van der Waals surface area contributed by atoms with Crippen molar-refractivity contribution in [3.8, 4) is 0 Å². The molecular weight excluding hydrogens is 208 g/mol. The minimum atomic E-state index is 0.0782. The predicted molar refractivity (Wildman–Crippen MR) is 66.5 cm³/mol. The molecule has 1 nitrogen and oxygen atoms in total.